The summed E-state index contributed by atoms with van der Waals surface area (Å²) in [4.78, 5) is 43.2. The first-order chi connectivity index (χ1) is 21.4. The van der Waals surface area contributed by atoms with E-state index in [9.17, 15) is 14.4 Å². The number of cyclic esters (lactones) is 1. The second kappa shape index (κ2) is 12.6. The summed E-state index contributed by atoms with van der Waals surface area (Å²) in [5.41, 5.74) is 1.95. The average Bonchev–Trinajstić information content (AvgIpc) is 3.57. The van der Waals surface area contributed by atoms with Gasteiger partial charge in [-0.2, -0.15) is 0 Å². The zero-order valence-electron chi connectivity index (χ0n) is 24.6. The third-order valence-corrected chi connectivity index (χ3v) is 8.16. The Morgan fingerprint density at radius 3 is 2.20 bits per heavy atom. The summed E-state index contributed by atoms with van der Waals surface area (Å²) >= 11 is 0. The molecule has 44 heavy (non-hydrogen) atoms. The molecule has 228 valence electrons. The number of carbonyl (C=O) groups is 1. The second-order valence-corrected chi connectivity index (χ2v) is 11.0. The second-order valence-electron chi connectivity index (χ2n) is 11.0. The van der Waals surface area contributed by atoms with E-state index in [4.69, 9.17) is 18.9 Å². The van der Waals surface area contributed by atoms with E-state index in [0.29, 0.717) is 5.56 Å². The fourth-order valence-corrected chi connectivity index (χ4v) is 6.15. The highest BCUT2D eigenvalue weighted by Crippen LogP contribution is 2.50. The monoisotopic (exact) mass is 597 g/mol. The minimum Gasteiger partial charge on any atom is -0.439 e. The molecule has 10 heteroatoms. The molecule has 1 unspecified atom stereocenters. The van der Waals surface area contributed by atoms with Gasteiger partial charge >= 0.3 is 11.8 Å². The molecule has 0 radical (unpaired) electrons. The molecule has 0 aliphatic carbocycles. The molecular weight excluding hydrogens is 562 g/mol. The van der Waals surface area contributed by atoms with E-state index in [1.165, 1.54) is 10.8 Å². The van der Waals surface area contributed by atoms with Crippen molar-refractivity contribution < 1.29 is 23.7 Å². The molecule has 4 aromatic rings. The molecule has 0 spiro atoms. The van der Waals surface area contributed by atoms with Gasteiger partial charge in [0.2, 0.25) is 5.79 Å². The maximum absolute atomic E-state index is 14.0. The molecule has 1 N–H and O–H groups in total. The summed E-state index contributed by atoms with van der Waals surface area (Å²) in [6.45, 7) is 3.96. The van der Waals surface area contributed by atoms with Crippen LogP contribution in [0.1, 0.15) is 54.0 Å². The van der Waals surface area contributed by atoms with Crippen molar-refractivity contribution in [2.24, 2.45) is 0 Å². The Morgan fingerprint density at radius 1 is 0.909 bits per heavy atom. The van der Waals surface area contributed by atoms with Gasteiger partial charge in [-0.3, -0.25) is 19.2 Å². The van der Waals surface area contributed by atoms with Crippen LogP contribution in [0.2, 0.25) is 0 Å². The lowest BCUT2D eigenvalue weighted by molar-refractivity contribution is -0.277. The largest absolute Gasteiger partial charge is 0.439 e. The number of nitrogens with one attached hydrogen (secondary N) is 1. The highest BCUT2D eigenvalue weighted by atomic mass is 16.7. The third-order valence-electron chi connectivity index (χ3n) is 8.16. The minimum atomic E-state index is -1.46. The molecule has 2 aliphatic heterocycles. The SMILES string of the molecule is CCO[C@]1(COCc2ccccc2)OC(n2cc(C)c(=O)[nH]c2=O)C[C@H]1N1C(=O)O[C@@H](c2ccccc2)[C@H]1c1ccccc1. The summed E-state index contributed by atoms with van der Waals surface area (Å²) in [7, 11) is 0. The smallest absolute Gasteiger partial charge is 0.411 e. The molecule has 3 heterocycles. The standard InChI is InChI=1S/C34H35N3O7/c1-3-42-34(22-41-21-24-13-7-4-8-14-24)27(19-28(44-34)36-20-23(2)31(38)35-32(36)39)37-29(25-15-9-5-10-16-25)30(43-33(37)40)26-17-11-6-12-18-26/h4-18,20,27-30H,3,19,21-22H2,1-2H3,(H,35,38,39)/t27-,28?,29-,30+,34-/m1/s1. The summed E-state index contributed by atoms with van der Waals surface area (Å²) in [5.74, 6) is -1.46. The summed E-state index contributed by atoms with van der Waals surface area (Å²) in [5, 5.41) is 0. The van der Waals surface area contributed by atoms with Crippen LogP contribution in [0, 0.1) is 6.92 Å². The predicted molar refractivity (Wildman–Crippen MR) is 162 cm³/mol. The van der Waals surface area contributed by atoms with E-state index >= 15 is 0 Å². The quantitative estimate of drug-likeness (QED) is 0.273. The Kier molecular flexibility index (Phi) is 8.47. The maximum atomic E-state index is 14.0. The van der Waals surface area contributed by atoms with Gasteiger partial charge in [0.05, 0.1) is 12.6 Å². The van der Waals surface area contributed by atoms with Crippen molar-refractivity contribution in [1.29, 1.82) is 0 Å². The van der Waals surface area contributed by atoms with Gasteiger partial charge in [-0.05, 0) is 30.5 Å². The zero-order valence-corrected chi connectivity index (χ0v) is 24.6. The van der Waals surface area contributed by atoms with Gasteiger partial charge in [-0.15, -0.1) is 0 Å². The lowest BCUT2D eigenvalue weighted by Crippen LogP contribution is -2.55. The van der Waals surface area contributed by atoms with Gasteiger partial charge in [0.25, 0.3) is 5.56 Å². The number of benzene rings is 3. The fraction of sp³-hybridized carbons (Fsp3) is 0.324. The summed E-state index contributed by atoms with van der Waals surface area (Å²) < 4.78 is 26.7. The number of nitrogens with zero attached hydrogens (tertiary/aromatic N) is 2. The third kappa shape index (κ3) is 5.71. The van der Waals surface area contributed by atoms with Crippen LogP contribution >= 0.6 is 0 Å². The average molecular weight is 598 g/mol. The van der Waals surface area contributed by atoms with Crippen LogP contribution in [0.25, 0.3) is 0 Å². The van der Waals surface area contributed by atoms with E-state index in [0.717, 1.165) is 16.7 Å². The predicted octanol–water partition coefficient (Wildman–Crippen LogP) is 5.02. The Balaban J connectivity index is 1.44. The Bertz CT molecular complexity index is 1690. The number of H-pyrrole nitrogens is 1. The van der Waals surface area contributed by atoms with Crippen molar-refractivity contribution in [3.8, 4) is 0 Å². The van der Waals surface area contributed by atoms with Gasteiger partial charge in [-0.1, -0.05) is 91.0 Å². The topological polar surface area (TPSA) is 112 Å². The molecule has 2 saturated heterocycles. The molecular formula is C34H35N3O7. The van der Waals surface area contributed by atoms with Crippen molar-refractivity contribution in [2.75, 3.05) is 13.2 Å². The van der Waals surface area contributed by atoms with E-state index in [-0.39, 0.29) is 26.2 Å². The van der Waals surface area contributed by atoms with Crippen molar-refractivity contribution in [3.63, 3.8) is 0 Å². The van der Waals surface area contributed by atoms with E-state index in [1.54, 1.807) is 11.8 Å². The highest BCUT2D eigenvalue weighted by molar-refractivity contribution is 5.72. The molecule has 10 nitrogen and oxygen atoms in total. The number of hydrogen-bond acceptors (Lipinski definition) is 7. The lowest BCUT2D eigenvalue weighted by atomic mass is 9.92. The summed E-state index contributed by atoms with van der Waals surface area (Å²) in [6.07, 6.45) is -0.346. The maximum Gasteiger partial charge on any atom is 0.411 e. The highest BCUT2D eigenvalue weighted by Gasteiger charge is 2.60. The van der Waals surface area contributed by atoms with Crippen LogP contribution < -0.4 is 11.2 Å². The summed E-state index contributed by atoms with van der Waals surface area (Å²) in [6, 6.07) is 27.8. The van der Waals surface area contributed by atoms with Crippen molar-refractivity contribution in [3.05, 3.63) is 140 Å². The molecule has 0 bridgehead atoms. The van der Waals surface area contributed by atoms with Gasteiger partial charge in [0.1, 0.15) is 18.9 Å². The number of aromatic nitrogens is 2. The first-order valence-electron chi connectivity index (χ1n) is 14.7. The van der Waals surface area contributed by atoms with E-state index < -0.39 is 47.5 Å². The number of aromatic amines is 1. The van der Waals surface area contributed by atoms with Gasteiger partial charge in [0, 0.05) is 24.8 Å². The van der Waals surface area contributed by atoms with Crippen LogP contribution in [0.15, 0.2) is 107 Å². The Morgan fingerprint density at radius 2 is 1.55 bits per heavy atom. The molecule has 2 aliphatic rings. The van der Waals surface area contributed by atoms with Gasteiger partial charge in [-0.25, -0.2) is 9.59 Å². The normalized spacial score (nSPS) is 24.9. The van der Waals surface area contributed by atoms with Crippen molar-refractivity contribution in [2.45, 2.75) is 57.1 Å². The Hall–Kier alpha value is -4.51. The molecule has 1 amide bonds. The molecule has 5 atom stereocenters. The fourth-order valence-electron chi connectivity index (χ4n) is 6.15. The zero-order chi connectivity index (χ0) is 30.7. The molecule has 1 aromatic heterocycles. The van der Waals surface area contributed by atoms with Crippen LogP contribution in [0.4, 0.5) is 4.79 Å². The van der Waals surface area contributed by atoms with E-state index in [1.807, 2.05) is 97.9 Å². The lowest BCUT2D eigenvalue weighted by Gasteiger charge is -2.39. The minimum absolute atomic E-state index is 0.0325. The van der Waals surface area contributed by atoms with E-state index in [2.05, 4.69) is 4.98 Å². The number of amides is 1. The van der Waals surface area contributed by atoms with Gasteiger partial charge < -0.3 is 18.9 Å². The number of aryl methyl sites for hydroxylation is 1. The van der Waals surface area contributed by atoms with Gasteiger partial charge in [0.15, 0.2) is 6.10 Å². The van der Waals surface area contributed by atoms with Crippen molar-refractivity contribution >= 4 is 6.09 Å². The number of hydrogen-bond donors (Lipinski definition) is 1. The van der Waals surface area contributed by atoms with Crippen LogP contribution in [0.5, 0.6) is 0 Å². The number of ether oxygens (including phenoxy) is 4. The molecule has 2 fully saturated rings. The number of carbonyl (C=O) groups excluding carboxylic acids is 1. The van der Waals surface area contributed by atoms with Crippen molar-refractivity contribution in [1.82, 2.24) is 14.5 Å². The number of rotatable bonds is 10. The van der Waals surface area contributed by atoms with Crippen LogP contribution in [-0.2, 0) is 25.6 Å². The Labute approximate surface area is 254 Å². The first kappa shape index (κ1) is 29.6. The first-order valence-corrected chi connectivity index (χ1v) is 14.7. The van der Waals surface area contributed by atoms with Crippen LogP contribution in [-0.4, -0.2) is 45.6 Å². The molecule has 0 saturated carbocycles. The van der Waals surface area contributed by atoms with Crippen LogP contribution in [0.3, 0.4) is 0 Å². The molecule has 3 aromatic carbocycles. The molecule has 6 rings (SSSR count).